The highest BCUT2D eigenvalue weighted by atomic mass is 79.9. The molecule has 4 nitrogen and oxygen atoms in total. The van der Waals surface area contributed by atoms with Crippen molar-refractivity contribution in [2.75, 3.05) is 7.05 Å². The number of aryl methyl sites for hydroxylation is 1. The monoisotopic (exact) mass is 358 g/mol. The van der Waals surface area contributed by atoms with E-state index in [0.717, 1.165) is 21.3 Å². The van der Waals surface area contributed by atoms with Gasteiger partial charge in [0.25, 0.3) is 0 Å². The fourth-order valence-corrected chi connectivity index (χ4v) is 3.63. The summed E-state index contributed by atoms with van der Waals surface area (Å²) in [6.45, 7) is 3.53. The molecular formula is C12H15BrN4S2. The van der Waals surface area contributed by atoms with Crippen LogP contribution in [0.5, 0.6) is 0 Å². The summed E-state index contributed by atoms with van der Waals surface area (Å²) in [5.74, 6) is 0.789. The van der Waals surface area contributed by atoms with Crippen molar-refractivity contribution < 1.29 is 0 Å². The Bertz CT molecular complexity index is 515. The first-order valence-electron chi connectivity index (χ1n) is 5.77. The average molecular weight is 359 g/mol. The molecule has 0 aromatic carbocycles. The number of rotatable bonds is 4. The first-order valence-corrected chi connectivity index (χ1v) is 8.20. The molecule has 0 fully saturated rings. The zero-order valence-electron chi connectivity index (χ0n) is 10.7. The van der Waals surface area contributed by atoms with Crippen LogP contribution in [0.15, 0.2) is 27.1 Å². The number of aliphatic imine (C=N–C) groups is 1. The lowest BCUT2D eigenvalue weighted by molar-refractivity contribution is 0.811. The Morgan fingerprint density at radius 3 is 2.68 bits per heavy atom. The van der Waals surface area contributed by atoms with Crippen LogP contribution in [0.3, 0.4) is 0 Å². The Balaban J connectivity index is 1.80. The van der Waals surface area contributed by atoms with Crippen LogP contribution in [0.1, 0.15) is 14.8 Å². The van der Waals surface area contributed by atoms with Crippen molar-refractivity contribution in [2.45, 2.75) is 20.0 Å². The summed E-state index contributed by atoms with van der Waals surface area (Å²) < 4.78 is 1.14. The Hall–Kier alpha value is -0.920. The maximum Gasteiger partial charge on any atom is 0.191 e. The number of thiazole rings is 1. The second-order valence-electron chi connectivity index (χ2n) is 3.85. The van der Waals surface area contributed by atoms with E-state index in [0.29, 0.717) is 6.54 Å². The summed E-state index contributed by atoms with van der Waals surface area (Å²) in [4.78, 5) is 11.0. The molecule has 2 rings (SSSR count). The molecule has 0 atom stereocenters. The zero-order valence-corrected chi connectivity index (χ0v) is 14.0. The highest BCUT2D eigenvalue weighted by Crippen LogP contribution is 2.21. The van der Waals surface area contributed by atoms with Gasteiger partial charge in [0.05, 0.1) is 16.9 Å². The molecule has 2 aromatic heterocycles. The molecule has 0 unspecified atom stereocenters. The van der Waals surface area contributed by atoms with Crippen LogP contribution < -0.4 is 10.6 Å². The molecule has 2 N–H and O–H groups in total. The van der Waals surface area contributed by atoms with Gasteiger partial charge in [-0.05, 0) is 35.0 Å². The lowest BCUT2D eigenvalue weighted by atomic mass is 10.5. The van der Waals surface area contributed by atoms with Crippen molar-refractivity contribution >= 4 is 44.6 Å². The summed E-state index contributed by atoms with van der Waals surface area (Å²) >= 11 is 6.87. The van der Waals surface area contributed by atoms with E-state index in [1.54, 1.807) is 29.7 Å². The number of hydrogen-bond donors (Lipinski definition) is 2. The minimum atomic E-state index is 0.701. The number of aromatic nitrogens is 1. The number of hydrogen-bond acceptors (Lipinski definition) is 4. The number of halogens is 1. The molecular weight excluding hydrogens is 344 g/mol. The molecule has 0 aliphatic carbocycles. The van der Waals surface area contributed by atoms with Gasteiger partial charge in [-0.2, -0.15) is 0 Å². The van der Waals surface area contributed by atoms with E-state index in [2.05, 4.69) is 55.6 Å². The van der Waals surface area contributed by atoms with Gasteiger partial charge in [-0.25, -0.2) is 4.98 Å². The van der Waals surface area contributed by atoms with E-state index in [9.17, 15) is 0 Å². The van der Waals surface area contributed by atoms with Gasteiger partial charge in [0.15, 0.2) is 5.96 Å². The first-order chi connectivity index (χ1) is 9.17. The van der Waals surface area contributed by atoms with E-state index < -0.39 is 0 Å². The van der Waals surface area contributed by atoms with Gasteiger partial charge >= 0.3 is 0 Å². The molecule has 2 heterocycles. The highest BCUT2D eigenvalue weighted by Gasteiger charge is 2.03. The fraction of sp³-hybridized carbons (Fsp3) is 0.333. The van der Waals surface area contributed by atoms with Crippen LogP contribution in [-0.4, -0.2) is 18.0 Å². The van der Waals surface area contributed by atoms with E-state index in [1.165, 1.54) is 9.75 Å². The number of nitrogens with zero attached hydrogens (tertiary/aromatic N) is 2. The number of nitrogens with one attached hydrogen (secondary N) is 2. The van der Waals surface area contributed by atoms with Gasteiger partial charge in [0.1, 0.15) is 5.01 Å². The molecule has 7 heteroatoms. The van der Waals surface area contributed by atoms with Crippen molar-refractivity contribution in [1.82, 2.24) is 15.6 Å². The summed E-state index contributed by atoms with van der Waals surface area (Å²) in [5.41, 5.74) is 0. The predicted molar refractivity (Wildman–Crippen MR) is 85.9 cm³/mol. The average Bonchev–Trinajstić information content (AvgIpc) is 2.99. The van der Waals surface area contributed by atoms with Crippen LogP contribution in [0, 0.1) is 6.92 Å². The van der Waals surface area contributed by atoms with Crippen LogP contribution in [0.25, 0.3) is 0 Å². The van der Waals surface area contributed by atoms with Crippen molar-refractivity contribution in [1.29, 1.82) is 0 Å². The molecule has 0 aliphatic heterocycles. The van der Waals surface area contributed by atoms with Crippen LogP contribution in [-0.2, 0) is 13.1 Å². The summed E-state index contributed by atoms with van der Waals surface area (Å²) in [7, 11) is 1.77. The van der Waals surface area contributed by atoms with Crippen molar-refractivity contribution in [3.8, 4) is 0 Å². The van der Waals surface area contributed by atoms with Crippen molar-refractivity contribution in [3.63, 3.8) is 0 Å². The lowest BCUT2D eigenvalue weighted by Gasteiger charge is -2.09. The maximum atomic E-state index is 4.31. The maximum absolute atomic E-state index is 4.31. The van der Waals surface area contributed by atoms with E-state index in [4.69, 9.17) is 0 Å². The van der Waals surface area contributed by atoms with Crippen LogP contribution in [0.2, 0.25) is 0 Å². The van der Waals surface area contributed by atoms with Gasteiger partial charge in [0, 0.05) is 23.0 Å². The standard InChI is InChI=1S/C12H15BrN4S2/c1-8-5-15-11(18-8)7-17-12(14-2)16-6-9-3-4-10(13)19-9/h3-5H,6-7H2,1-2H3,(H2,14,16,17). The topological polar surface area (TPSA) is 49.3 Å². The summed E-state index contributed by atoms with van der Waals surface area (Å²) in [6.07, 6.45) is 1.89. The molecule has 19 heavy (non-hydrogen) atoms. The van der Waals surface area contributed by atoms with Gasteiger partial charge < -0.3 is 10.6 Å². The third kappa shape index (κ3) is 4.59. The highest BCUT2D eigenvalue weighted by molar-refractivity contribution is 9.11. The molecule has 0 saturated carbocycles. The Labute approximate surface area is 129 Å². The van der Waals surface area contributed by atoms with Gasteiger partial charge in [-0.3, -0.25) is 4.99 Å². The zero-order chi connectivity index (χ0) is 13.7. The molecule has 0 spiro atoms. The normalized spacial score (nSPS) is 11.6. The molecule has 0 saturated heterocycles. The molecule has 0 aliphatic rings. The third-order valence-corrected chi connectivity index (χ3v) is 4.90. The van der Waals surface area contributed by atoms with Gasteiger partial charge in [-0.1, -0.05) is 0 Å². The number of thiophene rings is 1. The Morgan fingerprint density at radius 2 is 2.11 bits per heavy atom. The van der Waals surface area contributed by atoms with E-state index in [-0.39, 0.29) is 0 Å². The predicted octanol–water partition coefficient (Wildman–Crippen LogP) is 3.14. The quantitative estimate of drug-likeness (QED) is 0.651. The summed E-state index contributed by atoms with van der Waals surface area (Å²) in [5, 5.41) is 7.61. The smallest absolute Gasteiger partial charge is 0.191 e. The second kappa shape index (κ2) is 7.02. The van der Waals surface area contributed by atoms with Gasteiger partial charge in [0.2, 0.25) is 0 Å². The molecule has 0 amide bonds. The largest absolute Gasteiger partial charge is 0.352 e. The van der Waals surface area contributed by atoms with Crippen LogP contribution in [0.4, 0.5) is 0 Å². The van der Waals surface area contributed by atoms with Crippen molar-refractivity contribution in [2.24, 2.45) is 4.99 Å². The second-order valence-corrected chi connectivity index (χ2v) is 7.72. The van der Waals surface area contributed by atoms with Crippen molar-refractivity contribution in [3.05, 3.63) is 36.9 Å². The van der Waals surface area contributed by atoms with E-state index >= 15 is 0 Å². The minimum absolute atomic E-state index is 0.701. The third-order valence-electron chi connectivity index (χ3n) is 2.36. The molecule has 0 bridgehead atoms. The molecule has 2 aromatic rings. The van der Waals surface area contributed by atoms with Gasteiger partial charge in [-0.15, -0.1) is 22.7 Å². The van der Waals surface area contributed by atoms with E-state index in [1.807, 2.05) is 6.20 Å². The minimum Gasteiger partial charge on any atom is -0.352 e. The Kier molecular flexibility index (Phi) is 5.35. The molecule has 0 radical (unpaired) electrons. The lowest BCUT2D eigenvalue weighted by Crippen LogP contribution is -2.36. The number of guanidine groups is 1. The fourth-order valence-electron chi connectivity index (χ4n) is 1.48. The SMILES string of the molecule is CN=C(NCc1ccc(Br)s1)NCc1ncc(C)s1. The van der Waals surface area contributed by atoms with Crippen LogP contribution >= 0.6 is 38.6 Å². The first kappa shape index (κ1) is 14.5. The summed E-state index contributed by atoms with van der Waals surface area (Å²) in [6, 6.07) is 4.15. The molecule has 102 valence electrons. The Morgan fingerprint density at radius 1 is 1.32 bits per heavy atom.